The molecule has 1 heterocycles. The molecule has 1 atom stereocenters. The topological polar surface area (TPSA) is 33.1 Å². The van der Waals surface area contributed by atoms with Crippen molar-refractivity contribution in [1.82, 2.24) is 4.98 Å². The van der Waals surface area contributed by atoms with E-state index < -0.39 is 0 Å². The van der Waals surface area contributed by atoms with Gasteiger partial charge in [-0.2, -0.15) is 0 Å². The number of nitrogens with zero attached hydrogens (tertiary/aromatic N) is 1. The maximum absolute atomic E-state index is 10.2. The molecule has 0 fully saturated rings. The number of aryl methyl sites for hydroxylation is 3. The number of aliphatic hydroxyl groups excluding tert-OH is 1. The maximum Gasteiger partial charge on any atom is 0.0954 e. The summed E-state index contributed by atoms with van der Waals surface area (Å²) in [5.74, 6) is 0. The van der Waals surface area contributed by atoms with Crippen LogP contribution in [0.5, 0.6) is 0 Å². The normalized spacial score (nSPS) is 15.5. The summed E-state index contributed by atoms with van der Waals surface area (Å²) in [5, 5.41) is 13.3. The highest BCUT2D eigenvalue weighted by molar-refractivity contribution is 7.09. The molecule has 0 saturated heterocycles. The van der Waals surface area contributed by atoms with Gasteiger partial charge in [0.2, 0.25) is 0 Å². The molecular weight excluding hydrogens is 254 g/mol. The Bertz CT molecular complexity index is 576. The van der Waals surface area contributed by atoms with Crippen LogP contribution in [-0.2, 0) is 25.7 Å². The van der Waals surface area contributed by atoms with E-state index in [1.54, 1.807) is 11.3 Å². The Morgan fingerprint density at radius 3 is 2.89 bits per heavy atom. The minimum atomic E-state index is -0.329. The molecule has 19 heavy (non-hydrogen) atoms. The van der Waals surface area contributed by atoms with Gasteiger partial charge >= 0.3 is 0 Å². The lowest BCUT2D eigenvalue weighted by Crippen LogP contribution is -2.14. The minimum Gasteiger partial charge on any atom is -0.392 e. The van der Waals surface area contributed by atoms with Crippen molar-refractivity contribution < 1.29 is 5.11 Å². The zero-order valence-electron chi connectivity index (χ0n) is 11.2. The first-order valence-corrected chi connectivity index (χ1v) is 7.78. The summed E-state index contributed by atoms with van der Waals surface area (Å²) < 4.78 is 0. The number of hydrogen-bond donors (Lipinski definition) is 1. The molecule has 0 radical (unpaired) electrons. The van der Waals surface area contributed by atoms with Crippen molar-refractivity contribution >= 4 is 11.3 Å². The predicted molar refractivity (Wildman–Crippen MR) is 78.7 cm³/mol. The van der Waals surface area contributed by atoms with Crippen LogP contribution in [0.1, 0.15) is 33.8 Å². The van der Waals surface area contributed by atoms with E-state index in [0.29, 0.717) is 6.42 Å². The number of aromatic nitrogens is 1. The van der Waals surface area contributed by atoms with Crippen LogP contribution < -0.4 is 0 Å². The number of thiazole rings is 1. The smallest absolute Gasteiger partial charge is 0.0954 e. The molecule has 0 amide bonds. The van der Waals surface area contributed by atoms with E-state index in [4.69, 9.17) is 0 Å². The second kappa shape index (κ2) is 5.43. The Kier molecular flexibility index (Phi) is 3.67. The fourth-order valence-corrected chi connectivity index (χ4v) is 3.64. The van der Waals surface area contributed by atoms with Crippen LogP contribution >= 0.6 is 11.3 Å². The van der Waals surface area contributed by atoms with Crippen LogP contribution in [0.25, 0.3) is 0 Å². The monoisotopic (exact) mass is 273 g/mol. The first-order chi connectivity index (χ1) is 9.20. The summed E-state index contributed by atoms with van der Waals surface area (Å²) in [7, 11) is 0. The van der Waals surface area contributed by atoms with Crippen molar-refractivity contribution in [3.63, 3.8) is 0 Å². The predicted octanol–water partition coefficient (Wildman–Crippen LogP) is 3.09. The highest BCUT2D eigenvalue weighted by Gasteiger charge is 2.13. The van der Waals surface area contributed by atoms with E-state index in [9.17, 15) is 5.11 Å². The second-order valence-electron chi connectivity index (χ2n) is 5.40. The lowest BCUT2D eigenvalue weighted by Gasteiger charge is -2.10. The number of aliphatic hydroxyl groups is 1. The molecule has 0 spiro atoms. The summed E-state index contributed by atoms with van der Waals surface area (Å²) in [4.78, 5) is 4.41. The molecule has 0 aliphatic heterocycles. The van der Waals surface area contributed by atoms with Gasteiger partial charge in [0.15, 0.2) is 0 Å². The van der Waals surface area contributed by atoms with Gasteiger partial charge in [0.05, 0.1) is 11.1 Å². The molecular formula is C16H19NOS. The summed E-state index contributed by atoms with van der Waals surface area (Å²) in [6, 6.07) is 6.68. The van der Waals surface area contributed by atoms with Crippen molar-refractivity contribution in [1.29, 1.82) is 0 Å². The molecule has 2 nitrogen and oxygen atoms in total. The molecule has 1 aromatic carbocycles. The van der Waals surface area contributed by atoms with Crippen molar-refractivity contribution in [3.05, 3.63) is 51.0 Å². The van der Waals surface area contributed by atoms with E-state index in [1.807, 2.05) is 12.3 Å². The summed E-state index contributed by atoms with van der Waals surface area (Å²) >= 11 is 1.64. The zero-order valence-corrected chi connectivity index (χ0v) is 12.0. The SMILES string of the molecule is Cc1csc(CC(O)Cc2ccc3c(c2)CCC3)n1. The third-order valence-corrected chi connectivity index (χ3v) is 4.70. The minimum absolute atomic E-state index is 0.329. The van der Waals surface area contributed by atoms with E-state index in [-0.39, 0.29) is 6.10 Å². The highest BCUT2D eigenvalue weighted by atomic mass is 32.1. The first-order valence-electron chi connectivity index (χ1n) is 6.90. The van der Waals surface area contributed by atoms with Crippen LogP contribution in [0.3, 0.4) is 0 Å². The van der Waals surface area contributed by atoms with Crippen molar-refractivity contribution in [2.24, 2.45) is 0 Å². The van der Waals surface area contributed by atoms with Gasteiger partial charge in [-0.3, -0.25) is 0 Å². The average molecular weight is 273 g/mol. The van der Waals surface area contributed by atoms with E-state index in [1.165, 1.54) is 36.0 Å². The molecule has 1 aromatic heterocycles. The fraction of sp³-hybridized carbons (Fsp3) is 0.438. The average Bonchev–Trinajstić information content (AvgIpc) is 2.97. The number of benzene rings is 1. The molecule has 3 heteroatoms. The molecule has 100 valence electrons. The van der Waals surface area contributed by atoms with Gasteiger partial charge in [0.25, 0.3) is 0 Å². The van der Waals surface area contributed by atoms with E-state index in [2.05, 4.69) is 23.2 Å². The fourth-order valence-electron chi connectivity index (χ4n) is 2.79. The number of rotatable bonds is 4. The third-order valence-electron chi connectivity index (χ3n) is 3.71. The number of fused-ring (bicyclic) bond motifs is 1. The van der Waals surface area contributed by atoms with Gasteiger partial charge in [-0.25, -0.2) is 4.98 Å². The first kappa shape index (κ1) is 12.8. The van der Waals surface area contributed by atoms with Gasteiger partial charge in [-0.15, -0.1) is 11.3 Å². The maximum atomic E-state index is 10.2. The van der Waals surface area contributed by atoms with Gasteiger partial charge in [0.1, 0.15) is 0 Å². The summed E-state index contributed by atoms with van der Waals surface area (Å²) in [6.45, 7) is 1.99. The van der Waals surface area contributed by atoms with Gasteiger partial charge in [0, 0.05) is 17.5 Å². The van der Waals surface area contributed by atoms with Crippen molar-refractivity contribution in [2.75, 3.05) is 0 Å². The van der Waals surface area contributed by atoms with Crippen LogP contribution in [0.4, 0.5) is 0 Å². The molecule has 1 aliphatic rings. The molecule has 1 unspecified atom stereocenters. The summed E-state index contributed by atoms with van der Waals surface area (Å²) in [5.41, 5.74) is 5.27. The number of hydrogen-bond acceptors (Lipinski definition) is 3. The van der Waals surface area contributed by atoms with Crippen LogP contribution in [0.2, 0.25) is 0 Å². The van der Waals surface area contributed by atoms with E-state index in [0.717, 1.165) is 17.1 Å². The quantitative estimate of drug-likeness (QED) is 0.928. The molecule has 1 aliphatic carbocycles. The Morgan fingerprint density at radius 1 is 1.26 bits per heavy atom. The van der Waals surface area contributed by atoms with Gasteiger partial charge in [-0.1, -0.05) is 18.2 Å². The van der Waals surface area contributed by atoms with Crippen LogP contribution in [-0.4, -0.2) is 16.2 Å². The Hall–Kier alpha value is -1.19. The molecule has 0 bridgehead atoms. The lowest BCUT2D eigenvalue weighted by molar-refractivity contribution is 0.175. The molecule has 3 rings (SSSR count). The van der Waals surface area contributed by atoms with E-state index >= 15 is 0 Å². The van der Waals surface area contributed by atoms with Crippen LogP contribution in [0.15, 0.2) is 23.6 Å². The third kappa shape index (κ3) is 3.04. The largest absolute Gasteiger partial charge is 0.392 e. The standard InChI is InChI=1S/C16H19NOS/c1-11-10-19-16(17-11)9-15(18)8-12-5-6-13-3-2-4-14(13)7-12/h5-7,10,15,18H,2-4,8-9H2,1H3. The summed E-state index contributed by atoms with van der Waals surface area (Å²) in [6.07, 6.45) is 4.76. The zero-order chi connectivity index (χ0) is 13.2. The Balaban J connectivity index is 1.64. The van der Waals surface area contributed by atoms with Gasteiger partial charge < -0.3 is 5.11 Å². The van der Waals surface area contributed by atoms with Crippen molar-refractivity contribution in [3.8, 4) is 0 Å². The van der Waals surface area contributed by atoms with Gasteiger partial charge in [-0.05, 0) is 49.3 Å². The highest BCUT2D eigenvalue weighted by Crippen LogP contribution is 2.23. The molecule has 0 saturated carbocycles. The Labute approximate surface area is 118 Å². The Morgan fingerprint density at radius 2 is 2.11 bits per heavy atom. The lowest BCUT2D eigenvalue weighted by atomic mass is 10.0. The van der Waals surface area contributed by atoms with Crippen molar-refractivity contribution in [2.45, 2.75) is 45.1 Å². The molecule has 2 aromatic rings. The second-order valence-corrected chi connectivity index (χ2v) is 6.34. The molecule has 1 N–H and O–H groups in total. The van der Waals surface area contributed by atoms with Crippen LogP contribution in [0, 0.1) is 6.92 Å².